The van der Waals surface area contributed by atoms with E-state index in [1.54, 1.807) is 6.07 Å². The largest absolute Gasteiger partial charge is 0.492 e. The van der Waals surface area contributed by atoms with Crippen molar-refractivity contribution in [3.05, 3.63) is 41.9 Å². The molecule has 0 radical (unpaired) electrons. The zero-order valence-electron chi connectivity index (χ0n) is 10.8. The van der Waals surface area contributed by atoms with Crippen molar-refractivity contribution in [3.63, 3.8) is 0 Å². The first-order valence-corrected chi connectivity index (χ1v) is 6.85. The summed E-state index contributed by atoms with van der Waals surface area (Å²) in [5.41, 5.74) is 6.00. The molecule has 2 nitrogen and oxygen atoms in total. The van der Waals surface area contributed by atoms with Gasteiger partial charge < -0.3 is 10.5 Å². The van der Waals surface area contributed by atoms with Crippen LogP contribution in [0.15, 0.2) is 36.9 Å². The Morgan fingerprint density at radius 1 is 1.33 bits per heavy atom. The molecule has 1 aromatic rings. The molecule has 1 atom stereocenters. The first-order chi connectivity index (χ1) is 8.72. The van der Waals surface area contributed by atoms with Crippen LogP contribution in [0.25, 0.3) is 0 Å². The van der Waals surface area contributed by atoms with Crippen molar-refractivity contribution < 1.29 is 4.74 Å². The molecule has 100 valence electrons. The standard InChI is InChI=1S/C15H22ClNO/c1-2-3-4-5-6-9-14(17)12-18-15-10-7-8-13(16)11-15/h2,7-8,10-11,14H,1,3-6,9,12,17H2. The van der Waals surface area contributed by atoms with E-state index in [0.29, 0.717) is 11.6 Å². The summed E-state index contributed by atoms with van der Waals surface area (Å²) in [6.07, 6.45) is 7.60. The lowest BCUT2D eigenvalue weighted by Gasteiger charge is -2.13. The molecule has 0 saturated carbocycles. The second kappa shape index (κ2) is 9.01. The molecular weight excluding hydrogens is 246 g/mol. The Kier molecular flexibility index (Phi) is 7.54. The number of unbranched alkanes of at least 4 members (excludes halogenated alkanes) is 3. The second-order valence-electron chi connectivity index (χ2n) is 4.46. The smallest absolute Gasteiger partial charge is 0.120 e. The summed E-state index contributed by atoms with van der Waals surface area (Å²) in [5, 5.41) is 0.686. The van der Waals surface area contributed by atoms with Gasteiger partial charge in [-0.3, -0.25) is 0 Å². The molecule has 0 saturated heterocycles. The Morgan fingerprint density at radius 2 is 2.17 bits per heavy atom. The first-order valence-electron chi connectivity index (χ1n) is 6.47. The summed E-state index contributed by atoms with van der Waals surface area (Å²) in [4.78, 5) is 0. The predicted molar refractivity (Wildman–Crippen MR) is 78.2 cm³/mol. The van der Waals surface area contributed by atoms with Crippen LogP contribution in [-0.4, -0.2) is 12.6 Å². The first kappa shape index (κ1) is 15.1. The highest BCUT2D eigenvalue weighted by atomic mass is 35.5. The third-order valence-corrected chi connectivity index (χ3v) is 2.98. The minimum absolute atomic E-state index is 0.0905. The summed E-state index contributed by atoms with van der Waals surface area (Å²) in [6, 6.07) is 7.49. The van der Waals surface area contributed by atoms with E-state index >= 15 is 0 Å². The number of allylic oxidation sites excluding steroid dienone is 1. The summed E-state index contributed by atoms with van der Waals surface area (Å²) >= 11 is 5.87. The average Bonchev–Trinajstić information content (AvgIpc) is 2.36. The molecule has 0 spiro atoms. The summed E-state index contributed by atoms with van der Waals surface area (Å²) < 4.78 is 5.60. The Balaban J connectivity index is 2.13. The van der Waals surface area contributed by atoms with Crippen LogP contribution < -0.4 is 10.5 Å². The van der Waals surface area contributed by atoms with Gasteiger partial charge in [0, 0.05) is 11.1 Å². The molecule has 1 aromatic carbocycles. The van der Waals surface area contributed by atoms with Crippen molar-refractivity contribution >= 4 is 11.6 Å². The van der Waals surface area contributed by atoms with E-state index in [1.165, 1.54) is 12.8 Å². The van der Waals surface area contributed by atoms with Crippen LogP contribution in [0.3, 0.4) is 0 Å². The van der Waals surface area contributed by atoms with Gasteiger partial charge in [-0.2, -0.15) is 0 Å². The van der Waals surface area contributed by atoms with E-state index in [9.17, 15) is 0 Å². The van der Waals surface area contributed by atoms with Crippen LogP contribution in [0, 0.1) is 0 Å². The third-order valence-electron chi connectivity index (χ3n) is 2.74. The summed E-state index contributed by atoms with van der Waals surface area (Å²) in [5.74, 6) is 0.782. The van der Waals surface area contributed by atoms with Crippen molar-refractivity contribution in [1.82, 2.24) is 0 Å². The molecule has 0 aliphatic rings. The Morgan fingerprint density at radius 3 is 2.89 bits per heavy atom. The zero-order valence-corrected chi connectivity index (χ0v) is 11.5. The molecule has 2 N–H and O–H groups in total. The molecule has 0 aromatic heterocycles. The quantitative estimate of drug-likeness (QED) is 0.538. The van der Waals surface area contributed by atoms with E-state index in [-0.39, 0.29) is 6.04 Å². The van der Waals surface area contributed by atoms with Gasteiger partial charge in [-0.1, -0.05) is 36.6 Å². The van der Waals surface area contributed by atoms with E-state index in [0.717, 1.165) is 25.0 Å². The van der Waals surface area contributed by atoms with Crippen LogP contribution in [0.2, 0.25) is 5.02 Å². The SMILES string of the molecule is C=CCCCCCC(N)COc1cccc(Cl)c1. The maximum absolute atomic E-state index is 6.00. The van der Waals surface area contributed by atoms with Gasteiger partial charge in [0.1, 0.15) is 12.4 Å². The molecule has 1 unspecified atom stereocenters. The van der Waals surface area contributed by atoms with Gasteiger partial charge in [-0.05, 0) is 37.5 Å². The molecular formula is C15H22ClNO. The number of halogens is 1. The predicted octanol–water partition coefficient (Wildman–Crippen LogP) is 4.18. The van der Waals surface area contributed by atoms with Crippen molar-refractivity contribution in [2.75, 3.05) is 6.61 Å². The monoisotopic (exact) mass is 267 g/mol. The van der Waals surface area contributed by atoms with Crippen LogP contribution in [0.1, 0.15) is 32.1 Å². The molecule has 0 heterocycles. The maximum Gasteiger partial charge on any atom is 0.120 e. The zero-order chi connectivity index (χ0) is 13.2. The van der Waals surface area contributed by atoms with Crippen LogP contribution in [0.5, 0.6) is 5.75 Å². The lowest BCUT2D eigenvalue weighted by Crippen LogP contribution is -2.27. The van der Waals surface area contributed by atoms with E-state index in [1.807, 2.05) is 24.3 Å². The fourth-order valence-electron chi connectivity index (χ4n) is 1.72. The highest BCUT2D eigenvalue weighted by molar-refractivity contribution is 6.30. The topological polar surface area (TPSA) is 35.2 Å². The lowest BCUT2D eigenvalue weighted by molar-refractivity contribution is 0.279. The van der Waals surface area contributed by atoms with Gasteiger partial charge in [0.15, 0.2) is 0 Å². The normalized spacial score (nSPS) is 12.1. The van der Waals surface area contributed by atoms with Crippen molar-refractivity contribution in [1.29, 1.82) is 0 Å². The van der Waals surface area contributed by atoms with Gasteiger partial charge >= 0.3 is 0 Å². The third kappa shape index (κ3) is 6.67. The number of benzene rings is 1. The molecule has 18 heavy (non-hydrogen) atoms. The minimum atomic E-state index is 0.0905. The molecule has 3 heteroatoms. The molecule has 0 bridgehead atoms. The van der Waals surface area contributed by atoms with E-state index < -0.39 is 0 Å². The maximum atomic E-state index is 6.00. The highest BCUT2D eigenvalue weighted by Gasteiger charge is 2.03. The molecule has 0 aliphatic carbocycles. The number of nitrogens with two attached hydrogens (primary N) is 1. The number of rotatable bonds is 9. The van der Waals surface area contributed by atoms with Crippen molar-refractivity contribution in [2.24, 2.45) is 5.73 Å². The fourth-order valence-corrected chi connectivity index (χ4v) is 1.90. The molecule has 1 rings (SSSR count). The number of ether oxygens (including phenoxy) is 1. The minimum Gasteiger partial charge on any atom is -0.492 e. The van der Waals surface area contributed by atoms with Crippen molar-refractivity contribution in [3.8, 4) is 5.75 Å². The number of hydrogen-bond acceptors (Lipinski definition) is 2. The number of hydrogen-bond donors (Lipinski definition) is 1. The van der Waals surface area contributed by atoms with Gasteiger partial charge in [-0.15, -0.1) is 6.58 Å². The Labute approximate surface area is 115 Å². The van der Waals surface area contributed by atoms with E-state index in [2.05, 4.69) is 6.58 Å². The van der Waals surface area contributed by atoms with Gasteiger partial charge in [0.2, 0.25) is 0 Å². The van der Waals surface area contributed by atoms with E-state index in [4.69, 9.17) is 22.1 Å². The summed E-state index contributed by atoms with van der Waals surface area (Å²) in [7, 11) is 0. The molecule has 0 aliphatic heterocycles. The van der Waals surface area contributed by atoms with Gasteiger partial charge in [0.25, 0.3) is 0 Å². The van der Waals surface area contributed by atoms with Crippen LogP contribution in [-0.2, 0) is 0 Å². The highest BCUT2D eigenvalue weighted by Crippen LogP contribution is 2.17. The molecule has 0 amide bonds. The van der Waals surface area contributed by atoms with Crippen molar-refractivity contribution in [2.45, 2.75) is 38.1 Å². The lowest BCUT2D eigenvalue weighted by atomic mass is 10.1. The Hall–Kier alpha value is -0.990. The fraction of sp³-hybridized carbons (Fsp3) is 0.467. The van der Waals surface area contributed by atoms with Crippen LogP contribution >= 0.6 is 11.6 Å². The van der Waals surface area contributed by atoms with Gasteiger partial charge in [0.05, 0.1) is 0 Å². The Bertz CT molecular complexity index is 354. The average molecular weight is 268 g/mol. The van der Waals surface area contributed by atoms with Crippen LogP contribution in [0.4, 0.5) is 0 Å². The molecule has 0 fully saturated rings. The second-order valence-corrected chi connectivity index (χ2v) is 4.89. The van der Waals surface area contributed by atoms with Gasteiger partial charge in [-0.25, -0.2) is 0 Å². The summed E-state index contributed by atoms with van der Waals surface area (Å²) in [6.45, 7) is 4.25.